The summed E-state index contributed by atoms with van der Waals surface area (Å²) < 4.78 is 6.40. The molecule has 0 saturated heterocycles. The molecular formula is C42H54O9. The summed E-state index contributed by atoms with van der Waals surface area (Å²) in [6.07, 6.45) is 11.6. The van der Waals surface area contributed by atoms with E-state index in [1.165, 1.54) is 0 Å². The standard InChI is InChI=1S/C42H54O9/c1-39-15-13-31-27(29(39)7-9-35(39)45)5-3-23-19-25(43)11-17-41(23,31)21-33(37(47)48)51-34(38(49)50)22-42-18-12-26(44)20-24(42)4-6-28-30-8-10-36(46)40(30,2)16-14-32(28)42/h19-20,27-34H,3-18,21-22H2,1-2H3,(H,47,48)(H,49,50)/t27-,28-,29-,30-,31-,32-,33?,34?,39-,40-,41+,42+/m0/s1. The number of rotatable bonds is 8. The Balaban J connectivity index is 1.11. The monoisotopic (exact) mass is 702 g/mol. The topological polar surface area (TPSA) is 152 Å². The Kier molecular flexibility index (Phi) is 8.47. The highest BCUT2D eigenvalue weighted by Crippen LogP contribution is 2.68. The number of hydrogen-bond donors (Lipinski definition) is 2. The zero-order chi connectivity index (χ0) is 36.1. The van der Waals surface area contributed by atoms with Gasteiger partial charge in [0.1, 0.15) is 11.6 Å². The van der Waals surface area contributed by atoms with E-state index < -0.39 is 35.0 Å². The molecule has 8 aliphatic carbocycles. The van der Waals surface area contributed by atoms with Gasteiger partial charge < -0.3 is 14.9 Å². The minimum atomic E-state index is -1.39. The van der Waals surface area contributed by atoms with Crippen LogP contribution in [0, 0.1) is 57.2 Å². The summed E-state index contributed by atoms with van der Waals surface area (Å²) in [5.74, 6) is -0.452. The molecule has 0 aliphatic heterocycles. The third-order valence-electron chi connectivity index (χ3n) is 16.8. The average Bonchev–Trinajstić information content (AvgIpc) is 3.57. The van der Waals surface area contributed by atoms with E-state index in [-0.39, 0.29) is 70.7 Å². The highest BCUT2D eigenvalue weighted by atomic mass is 16.5. The molecule has 0 spiro atoms. The number of aliphatic carboxylic acids is 2. The van der Waals surface area contributed by atoms with Gasteiger partial charge in [-0.15, -0.1) is 0 Å². The Labute approximate surface area is 300 Å². The normalized spacial score (nSPS) is 44.1. The first-order valence-corrected chi connectivity index (χ1v) is 19.9. The maximum atomic E-state index is 13.2. The maximum absolute atomic E-state index is 13.2. The van der Waals surface area contributed by atoms with Crippen LogP contribution in [0.1, 0.15) is 129 Å². The van der Waals surface area contributed by atoms with Gasteiger partial charge in [0.2, 0.25) is 0 Å². The fraction of sp³-hybridized carbons (Fsp3) is 0.762. The summed E-state index contributed by atoms with van der Waals surface area (Å²) in [5.41, 5.74) is 0.0607. The third kappa shape index (κ3) is 5.24. The Bertz CT molecular complexity index is 1520. The SMILES string of the molecule is C[C@]12CC[C@H]3[C@@H](CCC4=CC(=O)CC[C@@]43CC(OC(C[C@]34CCC(=O)C=C3CC[C@@H]3[C@@H]4CC[C@]4(C)C(=O)CC[C@@H]34)C(=O)O)C(=O)O)[C@@H]1CCC2=O. The molecule has 0 aromatic rings. The largest absolute Gasteiger partial charge is 0.479 e. The zero-order valence-corrected chi connectivity index (χ0v) is 30.3. The van der Waals surface area contributed by atoms with Gasteiger partial charge in [0.05, 0.1) is 0 Å². The fourth-order valence-electron chi connectivity index (χ4n) is 14.3. The van der Waals surface area contributed by atoms with Crippen LogP contribution in [0.5, 0.6) is 0 Å². The maximum Gasteiger partial charge on any atom is 0.332 e. The number of fused-ring (bicyclic) bond motifs is 10. The summed E-state index contributed by atoms with van der Waals surface area (Å²) in [4.78, 5) is 78.1. The fourth-order valence-corrected chi connectivity index (χ4v) is 14.3. The Morgan fingerprint density at radius 2 is 1.02 bits per heavy atom. The van der Waals surface area contributed by atoms with Crippen LogP contribution in [0.2, 0.25) is 0 Å². The number of carboxylic acid groups (broad SMARTS) is 2. The zero-order valence-electron chi connectivity index (χ0n) is 30.3. The smallest absolute Gasteiger partial charge is 0.332 e. The van der Waals surface area contributed by atoms with E-state index in [0.717, 1.165) is 62.5 Å². The number of hydrogen-bond acceptors (Lipinski definition) is 7. The number of ether oxygens (including phenoxy) is 1. The van der Waals surface area contributed by atoms with E-state index in [2.05, 4.69) is 13.8 Å². The van der Waals surface area contributed by atoms with Gasteiger partial charge in [-0.2, -0.15) is 0 Å². The van der Waals surface area contributed by atoms with Crippen molar-refractivity contribution >= 4 is 35.1 Å². The minimum Gasteiger partial charge on any atom is -0.479 e. The molecule has 9 heteroatoms. The summed E-state index contributed by atoms with van der Waals surface area (Å²) >= 11 is 0. The first-order chi connectivity index (χ1) is 24.2. The van der Waals surface area contributed by atoms with Crippen molar-refractivity contribution in [2.45, 2.75) is 142 Å². The lowest BCUT2D eigenvalue weighted by Gasteiger charge is -2.59. The lowest BCUT2D eigenvalue weighted by Crippen LogP contribution is -2.54. The molecule has 0 amide bonds. The minimum absolute atomic E-state index is 0.0524. The van der Waals surface area contributed by atoms with E-state index >= 15 is 0 Å². The summed E-state index contributed by atoms with van der Waals surface area (Å²) in [6.45, 7) is 4.22. The number of Topliss-reactive ketones (excluding diaryl/α,β-unsaturated/α-hetero) is 2. The van der Waals surface area contributed by atoms with Crippen LogP contribution in [-0.2, 0) is 33.5 Å². The third-order valence-corrected chi connectivity index (χ3v) is 16.8. The first kappa shape index (κ1) is 35.1. The molecule has 8 rings (SSSR count). The highest BCUT2D eigenvalue weighted by molar-refractivity contribution is 5.93. The number of ketones is 4. The van der Waals surface area contributed by atoms with Gasteiger partial charge in [-0.05, 0) is 148 Å². The molecule has 9 nitrogen and oxygen atoms in total. The Morgan fingerprint density at radius 3 is 1.41 bits per heavy atom. The van der Waals surface area contributed by atoms with Crippen LogP contribution >= 0.6 is 0 Å². The molecule has 0 radical (unpaired) electrons. The van der Waals surface area contributed by atoms with Crippen LogP contribution in [0.4, 0.5) is 0 Å². The van der Waals surface area contributed by atoms with Crippen molar-refractivity contribution in [1.29, 1.82) is 0 Å². The number of carboxylic acids is 2. The van der Waals surface area contributed by atoms with Crippen LogP contribution in [0.25, 0.3) is 0 Å². The lowest BCUT2D eigenvalue weighted by atomic mass is 9.46. The van der Waals surface area contributed by atoms with Gasteiger partial charge in [-0.1, -0.05) is 25.0 Å². The molecule has 6 fully saturated rings. The molecule has 2 N–H and O–H groups in total. The first-order valence-electron chi connectivity index (χ1n) is 19.9. The van der Waals surface area contributed by atoms with E-state index in [1.54, 1.807) is 12.2 Å². The molecule has 0 bridgehead atoms. The van der Waals surface area contributed by atoms with Gasteiger partial charge in [-0.3, -0.25) is 19.2 Å². The molecule has 12 atom stereocenters. The van der Waals surface area contributed by atoms with Crippen molar-refractivity contribution in [2.75, 3.05) is 0 Å². The molecule has 2 unspecified atom stereocenters. The second kappa shape index (κ2) is 12.3. The molecule has 0 heterocycles. The summed E-state index contributed by atoms with van der Waals surface area (Å²) in [6, 6.07) is 0. The Morgan fingerprint density at radius 1 is 0.608 bits per heavy atom. The van der Waals surface area contributed by atoms with Crippen molar-refractivity contribution in [3.63, 3.8) is 0 Å². The van der Waals surface area contributed by atoms with E-state index in [9.17, 15) is 39.0 Å². The van der Waals surface area contributed by atoms with Gasteiger partial charge in [-0.25, -0.2) is 9.59 Å². The second-order valence-electron chi connectivity index (χ2n) is 18.4. The van der Waals surface area contributed by atoms with Crippen LogP contribution in [0.3, 0.4) is 0 Å². The van der Waals surface area contributed by atoms with Crippen molar-refractivity contribution in [3.05, 3.63) is 23.3 Å². The average molecular weight is 703 g/mol. The van der Waals surface area contributed by atoms with E-state index in [0.29, 0.717) is 62.9 Å². The number of allylic oxidation sites excluding steroid dienone is 2. The second-order valence-corrected chi connectivity index (χ2v) is 18.4. The van der Waals surface area contributed by atoms with Crippen molar-refractivity contribution in [2.24, 2.45) is 57.2 Å². The van der Waals surface area contributed by atoms with Gasteiger partial charge in [0.15, 0.2) is 23.8 Å². The number of carbonyl (C=O) groups is 6. The highest BCUT2D eigenvalue weighted by Gasteiger charge is 2.63. The van der Waals surface area contributed by atoms with Crippen molar-refractivity contribution in [3.8, 4) is 0 Å². The van der Waals surface area contributed by atoms with Crippen molar-refractivity contribution in [1.82, 2.24) is 0 Å². The predicted molar refractivity (Wildman–Crippen MR) is 185 cm³/mol. The molecule has 276 valence electrons. The lowest BCUT2D eigenvalue weighted by molar-refractivity contribution is -0.175. The van der Waals surface area contributed by atoms with Gasteiger partial charge in [0, 0.05) is 36.5 Å². The Hall–Kier alpha value is -2.94. The van der Waals surface area contributed by atoms with Crippen LogP contribution in [-0.4, -0.2) is 57.5 Å². The molecule has 6 saturated carbocycles. The molecule has 51 heavy (non-hydrogen) atoms. The quantitative estimate of drug-likeness (QED) is 0.277. The van der Waals surface area contributed by atoms with Gasteiger partial charge in [0.25, 0.3) is 0 Å². The van der Waals surface area contributed by atoms with Crippen molar-refractivity contribution < 1.29 is 43.7 Å². The summed E-state index contributed by atoms with van der Waals surface area (Å²) in [7, 11) is 0. The molecule has 0 aromatic carbocycles. The molecule has 8 aliphatic rings. The molecular weight excluding hydrogens is 648 g/mol. The van der Waals surface area contributed by atoms with Gasteiger partial charge >= 0.3 is 11.9 Å². The molecule has 0 aromatic heterocycles. The number of carbonyl (C=O) groups excluding carboxylic acids is 4. The predicted octanol–water partition coefficient (Wildman–Crippen LogP) is 6.85. The summed E-state index contributed by atoms with van der Waals surface area (Å²) in [5, 5.41) is 21.5. The van der Waals surface area contributed by atoms with E-state index in [1.807, 2.05) is 0 Å². The van der Waals surface area contributed by atoms with Crippen LogP contribution in [0.15, 0.2) is 23.3 Å². The van der Waals surface area contributed by atoms with E-state index in [4.69, 9.17) is 4.74 Å². The van der Waals surface area contributed by atoms with Crippen LogP contribution < -0.4 is 0 Å².